The fourth-order valence-electron chi connectivity index (χ4n) is 3.88. The van der Waals surface area contributed by atoms with Gasteiger partial charge in [-0.25, -0.2) is 0 Å². The molecular weight excluding hydrogens is 432 g/mol. The number of allylic oxidation sites excluding steroid dienone is 1. The zero-order valence-electron chi connectivity index (χ0n) is 20.9. The van der Waals surface area contributed by atoms with E-state index in [0.717, 1.165) is 5.56 Å². The van der Waals surface area contributed by atoms with Crippen molar-refractivity contribution in [3.8, 4) is 0 Å². The number of esters is 1. The van der Waals surface area contributed by atoms with E-state index in [1.807, 2.05) is 44.2 Å². The van der Waals surface area contributed by atoms with Crippen LogP contribution in [0, 0.1) is 17.8 Å². The number of carbonyl (C=O) groups excluding carboxylic acids is 5. The van der Waals surface area contributed by atoms with Crippen molar-refractivity contribution in [3.05, 3.63) is 48.0 Å². The van der Waals surface area contributed by atoms with Gasteiger partial charge in [-0.15, -0.1) is 0 Å². The van der Waals surface area contributed by atoms with Gasteiger partial charge in [-0.1, -0.05) is 50.8 Å². The number of hydrogen-bond acceptors (Lipinski definition) is 6. The SMILES string of the molecule is C=C(C)C(=O)CCC(=O)CC(Cc1ccccc1)C(=O)CC(CC(C)C)C(=O)CCC(=O)OC. The van der Waals surface area contributed by atoms with Crippen LogP contribution in [0.2, 0.25) is 0 Å². The molecule has 0 radical (unpaired) electrons. The first kappa shape index (κ1) is 29.1. The lowest BCUT2D eigenvalue weighted by atomic mass is 9.81. The van der Waals surface area contributed by atoms with Gasteiger partial charge in [-0.05, 0) is 36.8 Å². The third kappa shape index (κ3) is 11.3. The molecule has 1 aromatic rings. The van der Waals surface area contributed by atoms with Crippen LogP contribution in [0.15, 0.2) is 42.5 Å². The van der Waals surface area contributed by atoms with Gasteiger partial charge in [-0.3, -0.25) is 24.0 Å². The van der Waals surface area contributed by atoms with Crippen molar-refractivity contribution in [2.75, 3.05) is 7.11 Å². The van der Waals surface area contributed by atoms with Crippen LogP contribution in [-0.2, 0) is 35.1 Å². The summed E-state index contributed by atoms with van der Waals surface area (Å²) in [5.41, 5.74) is 1.34. The average molecular weight is 471 g/mol. The average Bonchev–Trinajstić information content (AvgIpc) is 2.79. The second-order valence-corrected chi connectivity index (χ2v) is 9.37. The van der Waals surface area contributed by atoms with E-state index in [9.17, 15) is 24.0 Å². The molecule has 0 heterocycles. The Morgan fingerprint density at radius 2 is 1.50 bits per heavy atom. The standard InChI is InChI=1S/C28H38O6/c1-19(2)15-22(26(31)13-14-28(33)34-5)18-27(32)23(16-21-9-7-6-8-10-21)17-24(29)11-12-25(30)20(3)4/h6-10,19,22-23H,3,11-18H2,1-2,4-5H3. The molecule has 6 heteroatoms. The second-order valence-electron chi connectivity index (χ2n) is 9.37. The fraction of sp³-hybridized carbons (Fsp3) is 0.536. The molecule has 0 aromatic heterocycles. The van der Waals surface area contributed by atoms with Crippen LogP contribution < -0.4 is 0 Å². The van der Waals surface area contributed by atoms with Gasteiger partial charge in [0.1, 0.15) is 17.3 Å². The highest BCUT2D eigenvalue weighted by Crippen LogP contribution is 2.25. The number of Topliss-reactive ketones (excluding diaryl/α,β-unsaturated/α-hetero) is 4. The molecule has 0 bridgehead atoms. The van der Waals surface area contributed by atoms with Crippen molar-refractivity contribution in [2.24, 2.45) is 17.8 Å². The van der Waals surface area contributed by atoms with E-state index in [2.05, 4.69) is 11.3 Å². The van der Waals surface area contributed by atoms with E-state index in [1.54, 1.807) is 6.92 Å². The minimum absolute atomic E-state index is 0.0131. The molecule has 34 heavy (non-hydrogen) atoms. The molecule has 0 amide bonds. The highest BCUT2D eigenvalue weighted by molar-refractivity contribution is 5.97. The highest BCUT2D eigenvalue weighted by atomic mass is 16.5. The van der Waals surface area contributed by atoms with E-state index in [1.165, 1.54) is 7.11 Å². The minimum Gasteiger partial charge on any atom is -0.469 e. The summed E-state index contributed by atoms with van der Waals surface area (Å²) in [5.74, 6) is -1.92. The second kappa shape index (κ2) is 15.1. The molecule has 0 fully saturated rings. The lowest BCUT2D eigenvalue weighted by Crippen LogP contribution is -2.27. The van der Waals surface area contributed by atoms with Gasteiger partial charge in [0.05, 0.1) is 13.5 Å². The largest absolute Gasteiger partial charge is 0.469 e. The monoisotopic (exact) mass is 470 g/mol. The van der Waals surface area contributed by atoms with Crippen LogP contribution in [-0.4, -0.2) is 36.2 Å². The smallest absolute Gasteiger partial charge is 0.305 e. The van der Waals surface area contributed by atoms with E-state index in [4.69, 9.17) is 0 Å². The first-order valence-electron chi connectivity index (χ1n) is 11.9. The molecule has 0 saturated carbocycles. The summed E-state index contributed by atoms with van der Waals surface area (Å²) in [5, 5.41) is 0. The number of ether oxygens (including phenoxy) is 1. The summed E-state index contributed by atoms with van der Waals surface area (Å²) in [6, 6.07) is 9.45. The molecule has 0 aliphatic rings. The number of carbonyl (C=O) groups is 5. The van der Waals surface area contributed by atoms with Crippen molar-refractivity contribution in [1.82, 2.24) is 0 Å². The third-order valence-electron chi connectivity index (χ3n) is 5.82. The van der Waals surface area contributed by atoms with Crippen molar-refractivity contribution in [3.63, 3.8) is 0 Å². The van der Waals surface area contributed by atoms with Crippen LogP contribution in [0.1, 0.15) is 71.3 Å². The Morgan fingerprint density at radius 3 is 2.06 bits per heavy atom. The maximum absolute atomic E-state index is 13.3. The van der Waals surface area contributed by atoms with Crippen LogP contribution in [0.4, 0.5) is 0 Å². The third-order valence-corrected chi connectivity index (χ3v) is 5.82. The Morgan fingerprint density at radius 1 is 0.853 bits per heavy atom. The van der Waals surface area contributed by atoms with Gasteiger partial charge in [0.15, 0.2) is 5.78 Å². The number of benzene rings is 1. The fourth-order valence-corrected chi connectivity index (χ4v) is 3.88. The van der Waals surface area contributed by atoms with E-state index >= 15 is 0 Å². The molecule has 0 aliphatic heterocycles. The summed E-state index contributed by atoms with van der Waals surface area (Å²) in [4.78, 5) is 62.1. The molecular formula is C28H38O6. The molecule has 1 aromatic carbocycles. The van der Waals surface area contributed by atoms with Gasteiger partial charge in [0.25, 0.3) is 0 Å². The predicted octanol–water partition coefficient (Wildman–Crippen LogP) is 4.87. The van der Waals surface area contributed by atoms with Crippen LogP contribution in [0.3, 0.4) is 0 Å². The Kier molecular flexibility index (Phi) is 12.9. The molecule has 2 atom stereocenters. The molecule has 1 rings (SSSR count). The minimum atomic E-state index is -0.571. The lowest BCUT2D eigenvalue weighted by Gasteiger charge is -2.21. The number of rotatable bonds is 17. The normalized spacial score (nSPS) is 12.6. The summed E-state index contributed by atoms with van der Waals surface area (Å²) >= 11 is 0. The van der Waals surface area contributed by atoms with Gasteiger partial charge in [-0.2, -0.15) is 0 Å². The quantitative estimate of drug-likeness (QED) is 0.238. The topological polar surface area (TPSA) is 94.6 Å². The number of methoxy groups -OCH3 is 1. The zero-order chi connectivity index (χ0) is 25.7. The molecule has 0 saturated heterocycles. The number of hydrogen-bond donors (Lipinski definition) is 0. The zero-order valence-corrected chi connectivity index (χ0v) is 20.9. The Labute approximate surface area is 203 Å². The molecule has 0 N–H and O–H groups in total. The van der Waals surface area contributed by atoms with Crippen molar-refractivity contribution < 1.29 is 28.7 Å². The summed E-state index contributed by atoms with van der Waals surface area (Å²) in [7, 11) is 1.27. The maximum Gasteiger partial charge on any atom is 0.305 e. The molecule has 0 aliphatic carbocycles. The lowest BCUT2D eigenvalue weighted by molar-refractivity contribution is -0.142. The van der Waals surface area contributed by atoms with Crippen molar-refractivity contribution in [2.45, 2.75) is 72.1 Å². The van der Waals surface area contributed by atoms with Gasteiger partial charge in [0, 0.05) is 43.9 Å². The van der Waals surface area contributed by atoms with E-state index in [0.29, 0.717) is 18.4 Å². The molecule has 6 nitrogen and oxygen atoms in total. The maximum atomic E-state index is 13.3. The molecule has 0 spiro atoms. The van der Waals surface area contributed by atoms with Crippen LogP contribution in [0.25, 0.3) is 0 Å². The van der Waals surface area contributed by atoms with Gasteiger partial charge in [0.2, 0.25) is 0 Å². The van der Waals surface area contributed by atoms with Gasteiger partial charge >= 0.3 is 5.97 Å². The molecule has 2 unspecified atom stereocenters. The Bertz CT molecular complexity index is 868. The Hall–Kier alpha value is -2.89. The summed E-state index contributed by atoms with van der Waals surface area (Å²) in [6.07, 6.45) is 1.16. The highest BCUT2D eigenvalue weighted by Gasteiger charge is 2.29. The first-order chi connectivity index (χ1) is 16.0. The summed E-state index contributed by atoms with van der Waals surface area (Å²) in [6.45, 7) is 9.18. The Balaban J connectivity index is 2.96. The summed E-state index contributed by atoms with van der Waals surface area (Å²) < 4.78 is 4.62. The predicted molar refractivity (Wildman–Crippen MR) is 131 cm³/mol. The van der Waals surface area contributed by atoms with E-state index < -0.39 is 17.8 Å². The van der Waals surface area contributed by atoms with Gasteiger partial charge < -0.3 is 4.74 Å². The van der Waals surface area contributed by atoms with Crippen LogP contribution >= 0.6 is 0 Å². The van der Waals surface area contributed by atoms with Crippen LogP contribution in [0.5, 0.6) is 0 Å². The first-order valence-corrected chi connectivity index (χ1v) is 11.9. The van der Waals surface area contributed by atoms with Crippen molar-refractivity contribution in [1.29, 1.82) is 0 Å². The van der Waals surface area contributed by atoms with Crippen molar-refractivity contribution >= 4 is 29.1 Å². The molecule has 186 valence electrons. The number of ketones is 4. The van der Waals surface area contributed by atoms with E-state index in [-0.39, 0.29) is 67.6 Å².